The summed E-state index contributed by atoms with van der Waals surface area (Å²) in [5, 5.41) is 6.47. The van der Waals surface area contributed by atoms with E-state index in [0.717, 1.165) is 29.4 Å². The highest BCUT2D eigenvalue weighted by molar-refractivity contribution is 7.99. The van der Waals surface area contributed by atoms with Crippen LogP contribution >= 0.6 is 24.2 Å². The maximum absolute atomic E-state index is 12.0. The van der Waals surface area contributed by atoms with Crippen LogP contribution in [0.4, 0.5) is 0 Å². The van der Waals surface area contributed by atoms with Crippen LogP contribution in [0.3, 0.4) is 0 Å². The molecular weight excluding hydrogens is 268 g/mol. The molecule has 2 aliphatic carbocycles. The molecule has 3 rings (SSSR count). The van der Waals surface area contributed by atoms with Gasteiger partial charge >= 0.3 is 0 Å². The molecule has 104 valence electrons. The minimum atomic E-state index is 0. The average Bonchev–Trinajstić information content (AvgIpc) is 3.05. The third-order valence-electron chi connectivity index (χ3n) is 4.84. The Morgan fingerprint density at radius 2 is 2.22 bits per heavy atom. The van der Waals surface area contributed by atoms with Crippen molar-refractivity contribution < 1.29 is 4.79 Å². The van der Waals surface area contributed by atoms with E-state index in [0.29, 0.717) is 6.04 Å². The number of hydrogen-bond donors (Lipinski definition) is 2. The number of fused-ring (bicyclic) bond motifs is 2. The molecule has 1 heterocycles. The van der Waals surface area contributed by atoms with Gasteiger partial charge in [0.2, 0.25) is 5.91 Å². The fourth-order valence-corrected chi connectivity index (χ4v) is 4.84. The number of carbonyl (C=O) groups is 1. The van der Waals surface area contributed by atoms with Crippen LogP contribution < -0.4 is 10.6 Å². The summed E-state index contributed by atoms with van der Waals surface area (Å²) < 4.78 is 0. The topological polar surface area (TPSA) is 41.1 Å². The molecule has 5 heteroatoms. The van der Waals surface area contributed by atoms with Gasteiger partial charge in [0.05, 0.1) is 6.04 Å². The van der Waals surface area contributed by atoms with Gasteiger partial charge in [-0.3, -0.25) is 10.1 Å². The van der Waals surface area contributed by atoms with Crippen LogP contribution in [-0.2, 0) is 4.79 Å². The minimum absolute atomic E-state index is 0. The van der Waals surface area contributed by atoms with E-state index in [4.69, 9.17) is 0 Å². The van der Waals surface area contributed by atoms with Crippen LogP contribution in [0.2, 0.25) is 0 Å². The van der Waals surface area contributed by atoms with E-state index in [1.165, 1.54) is 25.7 Å². The van der Waals surface area contributed by atoms with E-state index >= 15 is 0 Å². The van der Waals surface area contributed by atoms with Crippen molar-refractivity contribution in [3.8, 4) is 0 Å². The molecule has 2 bridgehead atoms. The summed E-state index contributed by atoms with van der Waals surface area (Å²) in [6, 6.07) is 0.409. The van der Waals surface area contributed by atoms with Crippen molar-refractivity contribution in [2.24, 2.45) is 17.8 Å². The van der Waals surface area contributed by atoms with Gasteiger partial charge in [0, 0.05) is 17.7 Å². The SMILES string of the molecule is CC(NC(=O)[C@H]1CSCN1)C1CC2CCC1C2.Cl. The number of halogens is 1. The van der Waals surface area contributed by atoms with Gasteiger partial charge in [-0.2, -0.15) is 0 Å². The predicted molar refractivity (Wildman–Crippen MR) is 78.0 cm³/mol. The van der Waals surface area contributed by atoms with Crippen molar-refractivity contribution in [1.82, 2.24) is 10.6 Å². The number of nitrogens with one attached hydrogen (secondary N) is 2. The molecule has 0 aromatic heterocycles. The average molecular weight is 291 g/mol. The maximum Gasteiger partial charge on any atom is 0.238 e. The molecule has 1 saturated heterocycles. The molecule has 3 aliphatic rings. The normalized spacial score (nSPS) is 39.4. The van der Waals surface area contributed by atoms with E-state index < -0.39 is 0 Å². The summed E-state index contributed by atoms with van der Waals surface area (Å²) >= 11 is 1.81. The number of amides is 1. The Hall–Kier alpha value is 0.0700. The molecule has 3 nitrogen and oxygen atoms in total. The van der Waals surface area contributed by atoms with Crippen molar-refractivity contribution >= 4 is 30.1 Å². The van der Waals surface area contributed by atoms with Gasteiger partial charge in [-0.1, -0.05) is 6.42 Å². The molecule has 4 unspecified atom stereocenters. The summed E-state index contributed by atoms with van der Waals surface area (Å²) in [5.41, 5.74) is 0. The molecule has 2 saturated carbocycles. The van der Waals surface area contributed by atoms with Gasteiger partial charge in [0.25, 0.3) is 0 Å². The molecule has 5 atom stereocenters. The largest absolute Gasteiger partial charge is 0.352 e. The van der Waals surface area contributed by atoms with Crippen molar-refractivity contribution in [1.29, 1.82) is 0 Å². The van der Waals surface area contributed by atoms with Crippen LogP contribution in [0.15, 0.2) is 0 Å². The van der Waals surface area contributed by atoms with Crippen LogP contribution in [0.25, 0.3) is 0 Å². The van der Waals surface area contributed by atoms with E-state index in [1.54, 1.807) is 0 Å². The van der Waals surface area contributed by atoms with Gasteiger partial charge in [-0.15, -0.1) is 24.2 Å². The Labute approximate surface area is 120 Å². The van der Waals surface area contributed by atoms with Crippen LogP contribution in [-0.4, -0.2) is 29.6 Å². The quantitative estimate of drug-likeness (QED) is 0.835. The van der Waals surface area contributed by atoms with Crippen molar-refractivity contribution in [3.05, 3.63) is 0 Å². The van der Waals surface area contributed by atoms with E-state index in [2.05, 4.69) is 17.6 Å². The number of thioether (sulfide) groups is 1. The lowest BCUT2D eigenvalue weighted by Crippen LogP contribution is -2.48. The number of rotatable bonds is 3. The molecule has 0 aromatic rings. The second-order valence-corrected chi connectivity index (χ2v) is 6.94. The van der Waals surface area contributed by atoms with Gasteiger partial charge in [0.15, 0.2) is 0 Å². The smallest absolute Gasteiger partial charge is 0.238 e. The molecule has 1 aliphatic heterocycles. The fourth-order valence-electron chi connectivity index (χ4n) is 3.90. The van der Waals surface area contributed by atoms with Gasteiger partial charge in [-0.25, -0.2) is 0 Å². The molecule has 0 radical (unpaired) electrons. The lowest BCUT2D eigenvalue weighted by molar-refractivity contribution is -0.123. The Morgan fingerprint density at radius 1 is 1.39 bits per heavy atom. The van der Waals surface area contributed by atoms with Crippen molar-refractivity contribution in [2.45, 2.75) is 44.7 Å². The molecule has 0 aromatic carbocycles. The molecular formula is C13H23ClN2OS. The molecule has 0 spiro atoms. The number of hydrogen-bond acceptors (Lipinski definition) is 3. The van der Waals surface area contributed by atoms with E-state index in [9.17, 15) is 4.79 Å². The Kier molecular flexibility index (Phi) is 4.84. The minimum Gasteiger partial charge on any atom is -0.352 e. The standard InChI is InChI=1S/C13H22N2OS.ClH/c1-8(11-5-9-2-3-10(11)4-9)15-13(16)12-6-17-7-14-12;/h8-12,14H,2-7H2,1H3,(H,15,16);1H/t8?,9?,10?,11?,12-;/m1./s1. The maximum atomic E-state index is 12.0. The zero-order valence-electron chi connectivity index (χ0n) is 10.9. The first-order valence-electron chi connectivity index (χ1n) is 6.85. The third-order valence-corrected chi connectivity index (χ3v) is 5.78. The second-order valence-electron chi connectivity index (χ2n) is 5.91. The summed E-state index contributed by atoms with van der Waals surface area (Å²) in [6.07, 6.45) is 5.59. The fraction of sp³-hybridized carbons (Fsp3) is 0.923. The summed E-state index contributed by atoms with van der Waals surface area (Å²) in [4.78, 5) is 12.0. The van der Waals surface area contributed by atoms with Crippen LogP contribution in [0, 0.1) is 17.8 Å². The lowest BCUT2D eigenvalue weighted by Gasteiger charge is -2.29. The summed E-state index contributed by atoms with van der Waals surface area (Å²) in [5.74, 6) is 4.65. The van der Waals surface area contributed by atoms with E-state index in [-0.39, 0.29) is 24.4 Å². The Morgan fingerprint density at radius 3 is 2.78 bits per heavy atom. The highest BCUT2D eigenvalue weighted by Gasteiger charge is 2.42. The summed E-state index contributed by atoms with van der Waals surface area (Å²) in [6.45, 7) is 2.20. The summed E-state index contributed by atoms with van der Waals surface area (Å²) in [7, 11) is 0. The highest BCUT2D eigenvalue weighted by Crippen LogP contribution is 2.49. The van der Waals surface area contributed by atoms with E-state index in [1.807, 2.05) is 11.8 Å². The first-order chi connectivity index (χ1) is 8.24. The lowest BCUT2D eigenvalue weighted by atomic mass is 9.84. The molecule has 3 fully saturated rings. The highest BCUT2D eigenvalue weighted by atomic mass is 35.5. The van der Waals surface area contributed by atoms with Crippen molar-refractivity contribution in [3.63, 3.8) is 0 Å². The van der Waals surface area contributed by atoms with Crippen LogP contribution in [0.1, 0.15) is 32.6 Å². The Bertz CT molecular complexity index is 309. The van der Waals surface area contributed by atoms with Gasteiger partial charge < -0.3 is 5.32 Å². The predicted octanol–water partition coefficient (Wildman–Crippen LogP) is 2.01. The molecule has 1 amide bonds. The zero-order valence-corrected chi connectivity index (χ0v) is 12.5. The molecule has 18 heavy (non-hydrogen) atoms. The van der Waals surface area contributed by atoms with Gasteiger partial charge in [-0.05, 0) is 43.9 Å². The zero-order chi connectivity index (χ0) is 11.8. The monoisotopic (exact) mass is 290 g/mol. The Balaban J connectivity index is 0.00000120. The first kappa shape index (κ1) is 14.5. The number of carbonyl (C=O) groups excluding carboxylic acids is 1. The second kappa shape index (κ2) is 6.02. The van der Waals surface area contributed by atoms with Crippen molar-refractivity contribution in [2.75, 3.05) is 11.6 Å². The van der Waals surface area contributed by atoms with Crippen LogP contribution in [0.5, 0.6) is 0 Å². The third kappa shape index (κ3) is 2.81. The first-order valence-corrected chi connectivity index (χ1v) is 8.01. The van der Waals surface area contributed by atoms with Gasteiger partial charge in [0.1, 0.15) is 0 Å². The molecule has 2 N–H and O–H groups in total.